The molecule has 0 saturated heterocycles. The number of amides is 1. The van der Waals surface area contributed by atoms with Gasteiger partial charge in [-0.1, -0.05) is 12.8 Å². The molecule has 4 nitrogen and oxygen atoms in total. The maximum atomic E-state index is 11.6. The number of pyridine rings is 1. The van der Waals surface area contributed by atoms with Crippen molar-refractivity contribution < 1.29 is 4.79 Å². The van der Waals surface area contributed by atoms with Crippen LogP contribution < -0.4 is 11.1 Å². The molecule has 0 radical (unpaired) electrons. The quantitative estimate of drug-likeness (QED) is 0.776. The summed E-state index contributed by atoms with van der Waals surface area (Å²) < 4.78 is 0. The molecule has 1 saturated carbocycles. The zero-order valence-corrected chi connectivity index (χ0v) is 8.57. The summed E-state index contributed by atoms with van der Waals surface area (Å²) in [6.07, 6.45) is 6.78. The lowest BCUT2D eigenvalue weighted by Gasteiger charge is -2.06. The molecule has 1 aromatic rings. The van der Waals surface area contributed by atoms with Gasteiger partial charge < -0.3 is 11.1 Å². The molecule has 0 aromatic carbocycles. The van der Waals surface area contributed by atoms with Gasteiger partial charge >= 0.3 is 0 Å². The lowest BCUT2D eigenvalue weighted by molar-refractivity contribution is 0.0953. The fourth-order valence-corrected chi connectivity index (χ4v) is 1.51. The molecule has 1 heterocycles. The van der Waals surface area contributed by atoms with E-state index >= 15 is 0 Å². The molecule has 1 amide bonds. The van der Waals surface area contributed by atoms with Crippen molar-refractivity contribution in [3.63, 3.8) is 0 Å². The van der Waals surface area contributed by atoms with Gasteiger partial charge in [0.25, 0.3) is 5.91 Å². The van der Waals surface area contributed by atoms with Crippen LogP contribution in [0, 0.1) is 5.92 Å². The standard InChI is InChI=1S/C11H15N3O/c12-10-7-13-5-4-9(10)11(15)14-6-3-8-1-2-8/h4-5,7-8H,1-3,6,12H2,(H,14,15). The van der Waals surface area contributed by atoms with Crippen molar-refractivity contribution in [3.05, 3.63) is 24.0 Å². The molecule has 1 fully saturated rings. The number of nitrogen functional groups attached to an aromatic ring is 1. The van der Waals surface area contributed by atoms with Crippen LogP contribution in [0.5, 0.6) is 0 Å². The Bertz CT molecular complexity index is 361. The van der Waals surface area contributed by atoms with E-state index in [9.17, 15) is 4.79 Å². The van der Waals surface area contributed by atoms with Crippen LogP contribution >= 0.6 is 0 Å². The fourth-order valence-electron chi connectivity index (χ4n) is 1.51. The van der Waals surface area contributed by atoms with Gasteiger partial charge in [-0.2, -0.15) is 0 Å². The zero-order chi connectivity index (χ0) is 10.7. The Morgan fingerprint density at radius 2 is 2.40 bits per heavy atom. The third-order valence-corrected chi connectivity index (χ3v) is 2.63. The van der Waals surface area contributed by atoms with E-state index < -0.39 is 0 Å². The molecule has 80 valence electrons. The molecule has 15 heavy (non-hydrogen) atoms. The minimum atomic E-state index is -0.101. The summed E-state index contributed by atoms with van der Waals surface area (Å²) in [5.74, 6) is 0.732. The Morgan fingerprint density at radius 3 is 3.07 bits per heavy atom. The molecule has 0 unspecified atom stereocenters. The molecule has 3 N–H and O–H groups in total. The first-order valence-corrected chi connectivity index (χ1v) is 5.25. The Balaban J connectivity index is 1.86. The normalized spacial score (nSPS) is 14.9. The number of anilines is 1. The van der Waals surface area contributed by atoms with Crippen LogP contribution in [0.2, 0.25) is 0 Å². The number of rotatable bonds is 4. The van der Waals surface area contributed by atoms with Crippen molar-refractivity contribution in [2.75, 3.05) is 12.3 Å². The second kappa shape index (κ2) is 4.29. The van der Waals surface area contributed by atoms with Gasteiger partial charge in [0.1, 0.15) is 0 Å². The molecular weight excluding hydrogens is 190 g/mol. The highest BCUT2D eigenvalue weighted by molar-refractivity contribution is 5.98. The van der Waals surface area contributed by atoms with Crippen LogP contribution in [-0.2, 0) is 0 Å². The van der Waals surface area contributed by atoms with Crippen molar-refractivity contribution in [1.82, 2.24) is 10.3 Å². The third-order valence-electron chi connectivity index (χ3n) is 2.63. The van der Waals surface area contributed by atoms with Crippen LogP contribution in [0.15, 0.2) is 18.5 Å². The number of nitrogens with one attached hydrogen (secondary N) is 1. The summed E-state index contributed by atoms with van der Waals surface area (Å²) in [5, 5.41) is 2.86. The predicted octanol–water partition coefficient (Wildman–Crippen LogP) is 1.19. The van der Waals surface area contributed by atoms with Crippen molar-refractivity contribution >= 4 is 11.6 Å². The molecule has 0 spiro atoms. The average molecular weight is 205 g/mol. The zero-order valence-electron chi connectivity index (χ0n) is 8.57. The second-order valence-corrected chi connectivity index (χ2v) is 3.95. The Hall–Kier alpha value is -1.58. The lowest BCUT2D eigenvalue weighted by atomic mass is 10.2. The summed E-state index contributed by atoms with van der Waals surface area (Å²) in [5.41, 5.74) is 6.59. The highest BCUT2D eigenvalue weighted by Gasteiger charge is 2.20. The van der Waals surface area contributed by atoms with Crippen LogP contribution in [0.25, 0.3) is 0 Å². The molecular formula is C11H15N3O. The summed E-state index contributed by atoms with van der Waals surface area (Å²) in [6.45, 7) is 0.741. The third kappa shape index (κ3) is 2.68. The first-order chi connectivity index (χ1) is 7.27. The van der Waals surface area contributed by atoms with Gasteiger partial charge in [0.05, 0.1) is 17.4 Å². The van der Waals surface area contributed by atoms with E-state index in [1.807, 2.05) is 0 Å². The van der Waals surface area contributed by atoms with Crippen molar-refractivity contribution in [2.45, 2.75) is 19.3 Å². The summed E-state index contributed by atoms with van der Waals surface area (Å²) >= 11 is 0. The minimum absolute atomic E-state index is 0.101. The Morgan fingerprint density at radius 1 is 1.60 bits per heavy atom. The van der Waals surface area contributed by atoms with Crippen molar-refractivity contribution in [2.24, 2.45) is 5.92 Å². The first-order valence-electron chi connectivity index (χ1n) is 5.25. The maximum absolute atomic E-state index is 11.6. The maximum Gasteiger partial charge on any atom is 0.253 e. The van der Waals surface area contributed by atoms with E-state index in [1.165, 1.54) is 19.0 Å². The van der Waals surface area contributed by atoms with Crippen LogP contribution in [0.1, 0.15) is 29.6 Å². The highest BCUT2D eigenvalue weighted by atomic mass is 16.1. The SMILES string of the molecule is Nc1cnccc1C(=O)NCCC1CC1. The average Bonchev–Trinajstić information content (AvgIpc) is 3.02. The Kier molecular flexibility index (Phi) is 2.85. The molecule has 1 aromatic heterocycles. The number of aromatic nitrogens is 1. The molecule has 0 atom stereocenters. The topological polar surface area (TPSA) is 68.0 Å². The van der Waals surface area contributed by atoms with E-state index in [0.717, 1.165) is 18.9 Å². The van der Waals surface area contributed by atoms with Gasteiger partial charge in [0.2, 0.25) is 0 Å². The molecule has 2 rings (SSSR count). The summed E-state index contributed by atoms with van der Waals surface area (Å²) in [7, 11) is 0. The van der Waals surface area contributed by atoms with Gasteiger partial charge in [0, 0.05) is 12.7 Å². The van der Waals surface area contributed by atoms with Crippen LogP contribution in [0.4, 0.5) is 5.69 Å². The monoisotopic (exact) mass is 205 g/mol. The van der Waals surface area contributed by atoms with E-state index in [4.69, 9.17) is 5.73 Å². The molecule has 4 heteroatoms. The molecule has 1 aliphatic carbocycles. The predicted molar refractivity (Wildman–Crippen MR) is 58.3 cm³/mol. The molecule has 0 aliphatic heterocycles. The van der Waals surface area contributed by atoms with Gasteiger partial charge in [-0.15, -0.1) is 0 Å². The number of hydrogen-bond acceptors (Lipinski definition) is 3. The van der Waals surface area contributed by atoms with E-state index in [2.05, 4.69) is 10.3 Å². The van der Waals surface area contributed by atoms with Gasteiger partial charge in [-0.25, -0.2) is 0 Å². The van der Waals surface area contributed by atoms with Crippen LogP contribution in [-0.4, -0.2) is 17.4 Å². The minimum Gasteiger partial charge on any atom is -0.397 e. The van der Waals surface area contributed by atoms with Gasteiger partial charge in [-0.05, 0) is 18.4 Å². The number of nitrogens with two attached hydrogens (primary N) is 1. The van der Waals surface area contributed by atoms with Crippen LogP contribution in [0.3, 0.4) is 0 Å². The van der Waals surface area contributed by atoms with E-state index in [1.54, 1.807) is 12.3 Å². The number of nitrogens with zero attached hydrogens (tertiary/aromatic N) is 1. The first kappa shape index (κ1) is 9.96. The molecule has 1 aliphatic rings. The lowest BCUT2D eigenvalue weighted by Crippen LogP contribution is -2.25. The number of hydrogen-bond donors (Lipinski definition) is 2. The van der Waals surface area contributed by atoms with Crippen molar-refractivity contribution in [3.8, 4) is 0 Å². The largest absolute Gasteiger partial charge is 0.397 e. The van der Waals surface area contributed by atoms with E-state index in [-0.39, 0.29) is 5.91 Å². The van der Waals surface area contributed by atoms with Gasteiger partial charge in [0.15, 0.2) is 0 Å². The molecule has 0 bridgehead atoms. The van der Waals surface area contributed by atoms with Crippen molar-refractivity contribution in [1.29, 1.82) is 0 Å². The van der Waals surface area contributed by atoms with E-state index in [0.29, 0.717) is 11.3 Å². The number of carbonyl (C=O) groups is 1. The second-order valence-electron chi connectivity index (χ2n) is 3.95. The summed E-state index contributed by atoms with van der Waals surface area (Å²) in [6, 6.07) is 1.64. The fraction of sp³-hybridized carbons (Fsp3) is 0.455. The highest BCUT2D eigenvalue weighted by Crippen LogP contribution is 2.31. The number of carbonyl (C=O) groups excluding carboxylic acids is 1. The smallest absolute Gasteiger partial charge is 0.253 e. The summed E-state index contributed by atoms with van der Waals surface area (Å²) in [4.78, 5) is 15.5. The van der Waals surface area contributed by atoms with Gasteiger partial charge in [-0.3, -0.25) is 9.78 Å². The Labute approximate surface area is 88.9 Å².